The highest BCUT2D eigenvalue weighted by Gasteiger charge is 2.19. The minimum absolute atomic E-state index is 0.792. The molecule has 1 aromatic carbocycles. The number of H-pyrrole nitrogens is 1. The van der Waals surface area contributed by atoms with Crippen molar-refractivity contribution in [1.82, 2.24) is 29.9 Å². The van der Waals surface area contributed by atoms with Crippen LogP contribution in [0, 0.1) is 13.8 Å². The average molecular weight is 402 g/mol. The number of anilines is 1. The summed E-state index contributed by atoms with van der Waals surface area (Å²) in [5.41, 5.74) is 8.89. The normalized spacial score (nSPS) is 15.3. The van der Waals surface area contributed by atoms with E-state index in [0.29, 0.717) is 0 Å². The van der Waals surface area contributed by atoms with Gasteiger partial charge in [-0.1, -0.05) is 0 Å². The Labute approximate surface area is 176 Å². The molecule has 1 N–H and O–H groups in total. The third-order valence-electron chi connectivity index (χ3n) is 6.06. The number of aromatic nitrogens is 5. The average Bonchev–Trinajstić information content (AvgIpc) is 3.34. The number of hydrogen-bond acceptors (Lipinski definition) is 5. The van der Waals surface area contributed by atoms with E-state index >= 15 is 0 Å². The monoisotopic (exact) mass is 401 g/mol. The number of nitrogens with zero attached hydrogens (tertiary/aromatic N) is 6. The van der Waals surface area contributed by atoms with Crippen LogP contribution in [-0.2, 0) is 7.05 Å². The van der Waals surface area contributed by atoms with Gasteiger partial charge in [0.2, 0.25) is 0 Å². The summed E-state index contributed by atoms with van der Waals surface area (Å²) in [6.45, 7) is 8.75. The van der Waals surface area contributed by atoms with Crippen molar-refractivity contribution in [2.45, 2.75) is 13.8 Å². The summed E-state index contributed by atoms with van der Waals surface area (Å²) in [6, 6.07) is 6.62. The van der Waals surface area contributed by atoms with Crippen molar-refractivity contribution in [3.05, 3.63) is 47.9 Å². The Morgan fingerprint density at radius 3 is 2.30 bits per heavy atom. The molecule has 1 aliphatic rings. The molecule has 4 aromatic rings. The van der Waals surface area contributed by atoms with Crippen molar-refractivity contribution in [1.29, 1.82) is 0 Å². The van der Waals surface area contributed by atoms with E-state index in [-0.39, 0.29) is 0 Å². The van der Waals surface area contributed by atoms with Gasteiger partial charge in [-0.25, -0.2) is 0 Å². The Balaban J connectivity index is 1.54. The lowest BCUT2D eigenvalue weighted by molar-refractivity contribution is 0.312. The molecule has 30 heavy (non-hydrogen) atoms. The molecule has 0 aliphatic carbocycles. The molecule has 7 nitrogen and oxygen atoms in total. The molecule has 0 radical (unpaired) electrons. The van der Waals surface area contributed by atoms with E-state index < -0.39 is 0 Å². The fourth-order valence-electron chi connectivity index (χ4n) is 4.49. The molecular formula is C23H27N7. The summed E-state index contributed by atoms with van der Waals surface area (Å²) in [5, 5.41) is 14.3. The second-order valence-electron chi connectivity index (χ2n) is 8.35. The first-order valence-electron chi connectivity index (χ1n) is 10.4. The van der Waals surface area contributed by atoms with Crippen LogP contribution in [0.5, 0.6) is 0 Å². The number of benzene rings is 1. The van der Waals surface area contributed by atoms with Crippen LogP contribution < -0.4 is 4.90 Å². The van der Waals surface area contributed by atoms with E-state index in [2.05, 4.69) is 69.2 Å². The number of aromatic amines is 1. The molecule has 0 atom stereocenters. The van der Waals surface area contributed by atoms with Crippen LogP contribution in [0.25, 0.3) is 33.4 Å². The molecular weight excluding hydrogens is 374 g/mol. The predicted octanol–water partition coefficient (Wildman–Crippen LogP) is 3.39. The Morgan fingerprint density at radius 2 is 1.63 bits per heavy atom. The van der Waals surface area contributed by atoms with Gasteiger partial charge in [0.25, 0.3) is 0 Å². The summed E-state index contributed by atoms with van der Waals surface area (Å²) in [7, 11) is 4.12. The number of aryl methyl sites for hydroxylation is 3. The topological polar surface area (TPSA) is 65.9 Å². The first-order chi connectivity index (χ1) is 14.5. The Kier molecular flexibility index (Phi) is 4.55. The molecule has 7 heteroatoms. The number of hydrogen-bond donors (Lipinski definition) is 1. The van der Waals surface area contributed by atoms with Crippen molar-refractivity contribution in [2.24, 2.45) is 7.05 Å². The molecule has 1 fully saturated rings. The Hall–Kier alpha value is -3.19. The van der Waals surface area contributed by atoms with Gasteiger partial charge < -0.3 is 14.8 Å². The number of likely N-dealkylation sites (N-methyl/N-ethyl adjacent to an activating group) is 1. The third kappa shape index (κ3) is 3.25. The zero-order valence-corrected chi connectivity index (χ0v) is 18.0. The molecule has 0 bridgehead atoms. The summed E-state index contributed by atoms with van der Waals surface area (Å²) < 4.78 is 1.81. The molecule has 0 unspecified atom stereocenters. The maximum atomic E-state index is 4.50. The van der Waals surface area contributed by atoms with Gasteiger partial charge in [-0.3, -0.25) is 4.68 Å². The van der Waals surface area contributed by atoms with E-state index in [1.807, 2.05) is 30.3 Å². The SMILES string of the molecule is Cc1cc(-c2cc3c(-c4cnn(C)c4)c[nH]c3nn2)cc(C)c1N1CCN(C)CC1. The number of rotatable bonds is 3. The number of nitrogens with one attached hydrogen (secondary N) is 1. The van der Waals surface area contributed by atoms with E-state index in [9.17, 15) is 0 Å². The van der Waals surface area contributed by atoms with Crippen LogP contribution >= 0.6 is 0 Å². The van der Waals surface area contributed by atoms with Gasteiger partial charge in [-0.15, -0.1) is 10.2 Å². The zero-order valence-electron chi connectivity index (χ0n) is 18.0. The van der Waals surface area contributed by atoms with E-state index in [4.69, 9.17) is 0 Å². The molecule has 3 aromatic heterocycles. The Bertz CT molecular complexity index is 1190. The maximum Gasteiger partial charge on any atom is 0.160 e. The molecule has 5 rings (SSSR count). The number of piperazine rings is 1. The van der Waals surface area contributed by atoms with Crippen molar-refractivity contribution < 1.29 is 0 Å². The van der Waals surface area contributed by atoms with E-state index in [1.54, 1.807) is 0 Å². The minimum atomic E-state index is 0.792. The molecule has 1 aliphatic heterocycles. The summed E-state index contributed by atoms with van der Waals surface area (Å²) in [5.74, 6) is 0. The first-order valence-corrected chi connectivity index (χ1v) is 10.4. The zero-order chi connectivity index (χ0) is 20.8. The van der Waals surface area contributed by atoms with Crippen molar-refractivity contribution in [3.8, 4) is 22.4 Å². The third-order valence-corrected chi connectivity index (χ3v) is 6.06. The first kappa shape index (κ1) is 18.8. The molecule has 4 heterocycles. The quantitative estimate of drug-likeness (QED) is 0.570. The highest BCUT2D eigenvalue weighted by atomic mass is 15.3. The lowest BCUT2D eigenvalue weighted by Crippen LogP contribution is -2.45. The summed E-state index contributed by atoms with van der Waals surface area (Å²) in [6.07, 6.45) is 5.87. The molecule has 0 spiro atoms. The van der Waals surface area contributed by atoms with Gasteiger partial charge in [0, 0.05) is 73.4 Å². The van der Waals surface area contributed by atoms with Gasteiger partial charge >= 0.3 is 0 Å². The largest absolute Gasteiger partial charge is 0.369 e. The predicted molar refractivity (Wildman–Crippen MR) is 121 cm³/mol. The standard InChI is InChI=1S/C23H27N7/c1-15-9-17(10-16(2)22(15)30-7-5-28(3)6-8-30)21-11-19-20(13-24-23(19)27-26-21)18-12-25-29(4)14-18/h9-14H,5-8H2,1-4H3,(H,24,27). The molecule has 0 amide bonds. The lowest BCUT2D eigenvalue weighted by Gasteiger charge is -2.36. The van der Waals surface area contributed by atoms with Gasteiger partial charge in [0.05, 0.1) is 11.9 Å². The summed E-state index contributed by atoms with van der Waals surface area (Å²) in [4.78, 5) is 8.13. The highest BCUT2D eigenvalue weighted by molar-refractivity contribution is 5.94. The van der Waals surface area contributed by atoms with Crippen molar-refractivity contribution >= 4 is 16.7 Å². The van der Waals surface area contributed by atoms with Crippen molar-refractivity contribution in [2.75, 3.05) is 38.1 Å². The van der Waals surface area contributed by atoms with E-state index in [1.165, 1.54) is 16.8 Å². The fraction of sp³-hybridized carbons (Fsp3) is 0.348. The van der Waals surface area contributed by atoms with Crippen molar-refractivity contribution in [3.63, 3.8) is 0 Å². The second-order valence-corrected chi connectivity index (χ2v) is 8.35. The maximum absolute atomic E-state index is 4.50. The van der Waals surface area contributed by atoms with Gasteiger partial charge in [-0.2, -0.15) is 5.10 Å². The fourth-order valence-corrected chi connectivity index (χ4v) is 4.49. The molecule has 154 valence electrons. The van der Waals surface area contributed by atoms with Gasteiger partial charge in [0.15, 0.2) is 5.65 Å². The second kappa shape index (κ2) is 7.25. The lowest BCUT2D eigenvalue weighted by atomic mass is 10.00. The number of fused-ring (bicyclic) bond motifs is 1. The minimum Gasteiger partial charge on any atom is -0.369 e. The molecule has 1 saturated heterocycles. The summed E-state index contributed by atoms with van der Waals surface area (Å²) >= 11 is 0. The Morgan fingerprint density at radius 1 is 0.900 bits per heavy atom. The van der Waals surface area contributed by atoms with Gasteiger partial charge in [0.1, 0.15) is 0 Å². The smallest absolute Gasteiger partial charge is 0.160 e. The van der Waals surface area contributed by atoms with Crippen LogP contribution in [0.1, 0.15) is 11.1 Å². The highest BCUT2D eigenvalue weighted by Crippen LogP contribution is 2.33. The van der Waals surface area contributed by atoms with Crippen LogP contribution in [0.4, 0.5) is 5.69 Å². The van der Waals surface area contributed by atoms with Crippen LogP contribution in [-0.4, -0.2) is 63.1 Å². The van der Waals surface area contributed by atoms with Crippen LogP contribution in [0.15, 0.2) is 36.8 Å². The van der Waals surface area contributed by atoms with Crippen LogP contribution in [0.3, 0.4) is 0 Å². The van der Waals surface area contributed by atoms with Crippen LogP contribution in [0.2, 0.25) is 0 Å². The molecule has 0 saturated carbocycles. The van der Waals surface area contributed by atoms with E-state index in [0.717, 1.165) is 59.6 Å². The van der Waals surface area contributed by atoms with Gasteiger partial charge in [-0.05, 0) is 50.2 Å².